The molecule has 5 nitrogen and oxygen atoms in total. The lowest BCUT2D eigenvalue weighted by atomic mass is 9.89. The van der Waals surface area contributed by atoms with Crippen LogP contribution in [0.3, 0.4) is 0 Å². The van der Waals surface area contributed by atoms with Crippen molar-refractivity contribution in [3.63, 3.8) is 0 Å². The molecule has 5 heteroatoms. The van der Waals surface area contributed by atoms with Gasteiger partial charge in [0.1, 0.15) is 0 Å². The third kappa shape index (κ3) is 2.19. The van der Waals surface area contributed by atoms with E-state index in [1.165, 1.54) is 6.42 Å². The van der Waals surface area contributed by atoms with Crippen molar-refractivity contribution in [2.45, 2.75) is 63.6 Å². The Morgan fingerprint density at radius 1 is 1.16 bits per heavy atom. The minimum Gasteiger partial charge on any atom is -0.481 e. The predicted octanol–water partition coefficient (Wildman–Crippen LogP) is 1.82. The minimum absolute atomic E-state index is 0.0321. The fraction of sp³-hybridized carbons (Fsp3) is 0.857. The molecule has 1 saturated carbocycles. The molecule has 3 aliphatic rings. The van der Waals surface area contributed by atoms with E-state index in [0.717, 1.165) is 25.7 Å². The summed E-state index contributed by atoms with van der Waals surface area (Å²) in [5.41, 5.74) is 0. The Bertz CT molecular complexity index is 398. The van der Waals surface area contributed by atoms with Crippen LogP contribution in [0.25, 0.3) is 0 Å². The number of urea groups is 1. The smallest absolute Gasteiger partial charge is 0.318 e. The molecule has 3 rings (SSSR count). The molecule has 5 atom stereocenters. The van der Waals surface area contributed by atoms with Gasteiger partial charge in [-0.05, 0) is 44.4 Å². The van der Waals surface area contributed by atoms with Gasteiger partial charge in [-0.15, -0.1) is 0 Å². The molecule has 2 saturated heterocycles. The summed E-state index contributed by atoms with van der Waals surface area (Å²) in [6.07, 6.45) is 5.72. The fourth-order valence-corrected chi connectivity index (χ4v) is 4.16. The van der Waals surface area contributed by atoms with Crippen molar-refractivity contribution in [2.75, 3.05) is 0 Å². The number of carbonyl (C=O) groups is 2. The van der Waals surface area contributed by atoms with Crippen molar-refractivity contribution in [3.8, 4) is 0 Å². The molecule has 3 fully saturated rings. The van der Waals surface area contributed by atoms with Gasteiger partial charge in [0.25, 0.3) is 0 Å². The third-order valence-corrected chi connectivity index (χ3v) is 5.11. The SMILES string of the molecule is CC1CCC(NC(=O)N2C3CCC2C(C(=O)O)C3)C1. The van der Waals surface area contributed by atoms with Gasteiger partial charge in [0.15, 0.2) is 0 Å². The number of aliphatic carboxylic acids is 1. The Hall–Kier alpha value is -1.26. The average molecular weight is 266 g/mol. The summed E-state index contributed by atoms with van der Waals surface area (Å²) in [6, 6.07) is 0.312. The highest BCUT2D eigenvalue weighted by Gasteiger charge is 2.51. The van der Waals surface area contributed by atoms with E-state index in [2.05, 4.69) is 12.2 Å². The van der Waals surface area contributed by atoms with Crippen LogP contribution >= 0.6 is 0 Å². The molecule has 0 aromatic carbocycles. The highest BCUT2D eigenvalue weighted by Crippen LogP contribution is 2.42. The van der Waals surface area contributed by atoms with E-state index in [1.807, 2.05) is 4.90 Å². The maximum absolute atomic E-state index is 12.4. The second-order valence-electron chi connectivity index (χ2n) is 6.45. The van der Waals surface area contributed by atoms with Crippen LogP contribution in [-0.4, -0.2) is 40.1 Å². The number of carboxylic acids is 1. The van der Waals surface area contributed by atoms with Crippen molar-refractivity contribution in [1.82, 2.24) is 10.2 Å². The van der Waals surface area contributed by atoms with Crippen LogP contribution in [-0.2, 0) is 4.79 Å². The molecule has 2 amide bonds. The zero-order valence-electron chi connectivity index (χ0n) is 11.3. The summed E-state index contributed by atoms with van der Waals surface area (Å²) in [5, 5.41) is 12.3. The van der Waals surface area contributed by atoms with Crippen LogP contribution in [0.4, 0.5) is 4.79 Å². The van der Waals surface area contributed by atoms with Crippen LogP contribution in [0.15, 0.2) is 0 Å². The zero-order chi connectivity index (χ0) is 13.6. The number of rotatable bonds is 2. The maximum Gasteiger partial charge on any atom is 0.318 e. The Balaban J connectivity index is 1.63. The lowest BCUT2D eigenvalue weighted by molar-refractivity contribution is -0.142. The molecule has 5 unspecified atom stereocenters. The standard InChI is InChI=1S/C14H22N2O3/c1-8-2-3-9(6-8)15-14(19)16-10-4-5-12(16)11(7-10)13(17)18/h8-12H,2-7H2,1H3,(H,15,19)(H,17,18). The molecule has 2 aliphatic heterocycles. The summed E-state index contributed by atoms with van der Waals surface area (Å²) in [7, 11) is 0. The molecule has 2 N–H and O–H groups in total. The summed E-state index contributed by atoms with van der Waals surface area (Å²) in [4.78, 5) is 25.4. The first-order valence-corrected chi connectivity index (χ1v) is 7.38. The first-order chi connectivity index (χ1) is 9.06. The molecule has 0 radical (unpaired) electrons. The van der Waals surface area contributed by atoms with Crippen LogP contribution in [0.2, 0.25) is 0 Å². The largest absolute Gasteiger partial charge is 0.481 e. The van der Waals surface area contributed by atoms with Gasteiger partial charge in [-0.2, -0.15) is 0 Å². The van der Waals surface area contributed by atoms with E-state index in [4.69, 9.17) is 0 Å². The van der Waals surface area contributed by atoms with E-state index >= 15 is 0 Å². The van der Waals surface area contributed by atoms with E-state index < -0.39 is 5.97 Å². The van der Waals surface area contributed by atoms with Gasteiger partial charge in [-0.3, -0.25) is 4.79 Å². The number of nitrogens with zero attached hydrogens (tertiary/aromatic N) is 1. The maximum atomic E-state index is 12.4. The van der Waals surface area contributed by atoms with Gasteiger partial charge < -0.3 is 15.3 Å². The summed E-state index contributed by atoms with van der Waals surface area (Å²) < 4.78 is 0. The fourth-order valence-electron chi connectivity index (χ4n) is 4.16. The first-order valence-electron chi connectivity index (χ1n) is 7.38. The van der Waals surface area contributed by atoms with E-state index in [-0.39, 0.29) is 30.1 Å². The Morgan fingerprint density at radius 3 is 2.53 bits per heavy atom. The van der Waals surface area contributed by atoms with Gasteiger partial charge in [-0.25, -0.2) is 4.79 Å². The molecular formula is C14H22N2O3. The van der Waals surface area contributed by atoms with Gasteiger partial charge in [0.2, 0.25) is 0 Å². The van der Waals surface area contributed by atoms with Gasteiger partial charge in [0.05, 0.1) is 5.92 Å². The Labute approximate surface area is 113 Å². The van der Waals surface area contributed by atoms with Gasteiger partial charge >= 0.3 is 12.0 Å². The number of carboxylic acid groups (broad SMARTS) is 1. The second kappa shape index (κ2) is 4.69. The van der Waals surface area contributed by atoms with Gasteiger partial charge in [0, 0.05) is 18.1 Å². The Morgan fingerprint density at radius 2 is 1.95 bits per heavy atom. The van der Waals surface area contributed by atoms with E-state index in [9.17, 15) is 14.7 Å². The number of amides is 2. The second-order valence-corrected chi connectivity index (χ2v) is 6.45. The Kier molecular flexibility index (Phi) is 3.15. The van der Waals surface area contributed by atoms with E-state index in [1.54, 1.807) is 0 Å². The zero-order valence-corrected chi connectivity index (χ0v) is 11.3. The molecule has 19 heavy (non-hydrogen) atoms. The molecule has 2 bridgehead atoms. The molecule has 2 heterocycles. The summed E-state index contributed by atoms with van der Waals surface area (Å²) in [5.74, 6) is -0.418. The highest BCUT2D eigenvalue weighted by atomic mass is 16.4. The van der Waals surface area contributed by atoms with Crippen molar-refractivity contribution >= 4 is 12.0 Å². The molecular weight excluding hydrogens is 244 g/mol. The molecule has 1 aliphatic carbocycles. The number of fused-ring (bicyclic) bond motifs is 2. The highest BCUT2D eigenvalue weighted by molar-refractivity contribution is 5.79. The molecule has 0 spiro atoms. The monoisotopic (exact) mass is 266 g/mol. The number of nitrogens with one attached hydrogen (secondary N) is 1. The lowest BCUT2D eigenvalue weighted by Gasteiger charge is -2.25. The first kappa shape index (κ1) is 12.8. The lowest BCUT2D eigenvalue weighted by Crippen LogP contribution is -2.47. The third-order valence-electron chi connectivity index (χ3n) is 5.11. The predicted molar refractivity (Wildman–Crippen MR) is 69.7 cm³/mol. The minimum atomic E-state index is -0.750. The van der Waals surface area contributed by atoms with Gasteiger partial charge in [-0.1, -0.05) is 6.92 Å². The molecule has 0 aromatic heterocycles. The number of hydrogen-bond acceptors (Lipinski definition) is 2. The van der Waals surface area contributed by atoms with Crippen molar-refractivity contribution in [3.05, 3.63) is 0 Å². The molecule has 0 aromatic rings. The van der Waals surface area contributed by atoms with Crippen LogP contribution in [0, 0.1) is 11.8 Å². The van der Waals surface area contributed by atoms with Crippen molar-refractivity contribution < 1.29 is 14.7 Å². The van der Waals surface area contributed by atoms with Crippen molar-refractivity contribution in [2.24, 2.45) is 11.8 Å². The normalized spacial score (nSPS) is 40.7. The van der Waals surface area contributed by atoms with Crippen LogP contribution in [0.1, 0.15) is 45.4 Å². The van der Waals surface area contributed by atoms with E-state index in [0.29, 0.717) is 12.3 Å². The van der Waals surface area contributed by atoms with Crippen molar-refractivity contribution in [1.29, 1.82) is 0 Å². The topological polar surface area (TPSA) is 69.6 Å². The average Bonchev–Trinajstić information content (AvgIpc) is 3.02. The number of carbonyl (C=O) groups excluding carboxylic acids is 1. The summed E-state index contributed by atoms with van der Waals surface area (Å²) in [6.45, 7) is 2.21. The van der Waals surface area contributed by atoms with Crippen LogP contribution < -0.4 is 5.32 Å². The quantitative estimate of drug-likeness (QED) is 0.801. The number of hydrogen-bond donors (Lipinski definition) is 2. The molecule has 106 valence electrons. The summed E-state index contributed by atoms with van der Waals surface area (Å²) >= 11 is 0. The van der Waals surface area contributed by atoms with Crippen LogP contribution in [0.5, 0.6) is 0 Å².